The molecule has 0 radical (unpaired) electrons. The second kappa shape index (κ2) is 6.22. The average Bonchev–Trinajstić information content (AvgIpc) is 2.47. The molecule has 1 aliphatic heterocycles. The van der Waals surface area contributed by atoms with Crippen molar-refractivity contribution in [3.63, 3.8) is 0 Å². The summed E-state index contributed by atoms with van der Waals surface area (Å²) in [5.74, 6) is 0. The first kappa shape index (κ1) is 15.4. The van der Waals surface area contributed by atoms with E-state index in [1.165, 1.54) is 4.31 Å². The maximum Gasteiger partial charge on any atom is 0.243 e. The summed E-state index contributed by atoms with van der Waals surface area (Å²) in [7, 11) is -3.53. The molecule has 1 heterocycles. The number of morpholine rings is 1. The Balaban J connectivity index is 2.38. The smallest absolute Gasteiger partial charge is 0.243 e. The van der Waals surface area contributed by atoms with Crippen LogP contribution in [0, 0.1) is 6.92 Å². The number of rotatable bonds is 4. The number of sulfonamides is 1. The van der Waals surface area contributed by atoms with Crippen LogP contribution in [0.2, 0.25) is 0 Å². The van der Waals surface area contributed by atoms with E-state index in [1.807, 2.05) is 13.8 Å². The lowest BCUT2D eigenvalue weighted by Gasteiger charge is -2.34. The van der Waals surface area contributed by atoms with E-state index in [-0.39, 0.29) is 17.5 Å². The summed E-state index contributed by atoms with van der Waals surface area (Å²) in [6, 6.07) is 4.78. The molecule has 0 amide bonds. The molecule has 112 valence electrons. The van der Waals surface area contributed by atoms with Crippen LogP contribution in [-0.2, 0) is 21.4 Å². The van der Waals surface area contributed by atoms with E-state index in [9.17, 15) is 13.5 Å². The highest BCUT2D eigenvalue weighted by Crippen LogP contribution is 2.24. The Kier molecular flexibility index (Phi) is 4.80. The Bertz CT molecular complexity index is 571. The van der Waals surface area contributed by atoms with Gasteiger partial charge in [-0.1, -0.05) is 13.0 Å². The minimum absolute atomic E-state index is 0.118. The molecule has 6 heteroatoms. The van der Waals surface area contributed by atoms with Crippen LogP contribution in [-0.4, -0.2) is 43.6 Å². The topological polar surface area (TPSA) is 66.8 Å². The molecular formula is C14H21NO4S. The van der Waals surface area contributed by atoms with E-state index in [0.29, 0.717) is 25.3 Å². The highest BCUT2D eigenvalue weighted by molar-refractivity contribution is 7.89. The molecular weight excluding hydrogens is 278 g/mol. The van der Waals surface area contributed by atoms with Crippen LogP contribution in [0.4, 0.5) is 0 Å². The predicted molar refractivity (Wildman–Crippen MR) is 75.9 cm³/mol. The monoisotopic (exact) mass is 299 g/mol. The molecule has 1 saturated heterocycles. The second-order valence-corrected chi connectivity index (χ2v) is 6.89. The van der Waals surface area contributed by atoms with E-state index in [1.54, 1.807) is 18.2 Å². The second-order valence-electron chi connectivity index (χ2n) is 5.00. The molecule has 1 unspecified atom stereocenters. The molecule has 1 aliphatic rings. The summed E-state index contributed by atoms with van der Waals surface area (Å²) >= 11 is 0. The van der Waals surface area contributed by atoms with Gasteiger partial charge >= 0.3 is 0 Å². The number of benzene rings is 1. The number of ether oxygens (including phenoxy) is 1. The molecule has 20 heavy (non-hydrogen) atoms. The van der Waals surface area contributed by atoms with Crippen molar-refractivity contribution in [1.29, 1.82) is 0 Å². The third kappa shape index (κ3) is 2.88. The molecule has 0 saturated carbocycles. The molecule has 1 fully saturated rings. The zero-order valence-electron chi connectivity index (χ0n) is 11.9. The molecule has 0 aromatic heterocycles. The van der Waals surface area contributed by atoms with Crippen molar-refractivity contribution in [2.24, 2.45) is 0 Å². The SMILES string of the molecule is CCC1COCCN1S(=O)(=O)c1ccc(C)c(CO)c1. The summed E-state index contributed by atoms with van der Waals surface area (Å²) in [5, 5.41) is 9.29. The average molecular weight is 299 g/mol. The van der Waals surface area contributed by atoms with Crippen molar-refractivity contribution in [2.75, 3.05) is 19.8 Å². The molecule has 1 atom stereocenters. The van der Waals surface area contributed by atoms with Gasteiger partial charge in [0.05, 0.1) is 24.7 Å². The lowest BCUT2D eigenvalue weighted by molar-refractivity contribution is 0.0314. The number of aliphatic hydroxyl groups is 1. The van der Waals surface area contributed by atoms with E-state index in [2.05, 4.69) is 0 Å². The van der Waals surface area contributed by atoms with Crippen LogP contribution in [0.15, 0.2) is 23.1 Å². The quantitative estimate of drug-likeness (QED) is 0.909. The third-order valence-electron chi connectivity index (χ3n) is 3.74. The number of aliphatic hydroxyl groups excluding tert-OH is 1. The zero-order valence-corrected chi connectivity index (χ0v) is 12.7. The minimum Gasteiger partial charge on any atom is -0.392 e. The van der Waals surface area contributed by atoms with Crippen molar-refractivity contribution >= 4 is 10.0 Å². The van der Waals surface area contributed by atoms with Crippen LogP contribution in [0.1, 0.15) is 24.5 Å². The molecule has 2 rings (SSSR count). The summed E-state index contributed by atoms with van der Waals surface area (Å²) < 4.78 is 32.3. The van der Waals surface area contributed by atoms with Gasteiger partial charge in [-0.25, -0.2) is 8.42 Å². The predicted octanol–water partition coefficient (Wildman–Crippen LogP) is 1.29. The fourth-order valence-corrected chi connectivity index (χ4v) is 4.11. The van der Waals surface area contributed by atoms with Crippen molar-refractivity contribution in [1.82, 2.24) is 4.31 Å². The van der Waals surface area contributed by atoms with Gasteiger partial charge in [0.25, 0.3) is 0 Å². The first-order chi connectivity index (χ1) is 9.50. The van der Waals surface area contributed by atoms with Gasteiger partial charge in [-0.15, -0.1) is 0 Å². The van der Waals surface area contributed by atoms with E-state index in [4.69, 9.17) is 4.74 Å². The number of aryl methyl sites for hydroxylation is 1. The van der Waals surface area contributed by atoms with Gasteiger partial charge in [0.2, 0.25) is 10.0 Å². The fraction of sp³-hybridized carbons (Fsp3) is 0.571. The Labute approximate surface area is 120 Å². The normalized spacial score (nSPS) is 21.1. The van der Waals surface area contributed by atoms with Crippen molar-refractivity contribution in [3.8, 4) is 0 Å². The van der Waals surface area contributed by atoms with Gasteiger partial charge < -0.3 is 9.84 Å². The highest BCUT2D eigenvalue weighted by Gasteiger charge is 2.33. The molecule has 5 nitrogen and oxygen atoms in total. The lowest BCUT2D eigenvalue weighted by Crippen LogP contribution is -2.48. The number of nitrogens with zero attached hydrogens (tertiary/aromatic N) is 1. The van der Waals surface area contributed by atoms with Gasteiger partial charge in [0.1, 0.15) is 0 Å². The number of hydrogen-bond acceptors (Lipinski definition) is 4. The van der Waals surface area contributed by atoms with Crippen LogP contribution < -0.4 is 0 Å². The summed E-state index contributed by atoms with van der Waals surface area (Å²) in [6.45, 7) is 4.89. The van der Waals surface area contributed by atoms with Crippen molar-refractivity contribution in [2.45, 2.75) is 37.8 Å². The third-order valence-corrected chi connectivity index (χ3v) is 5.69. The Morgan fingerprint density at radius 3 is 2.85 bits per heavy atom. The van der Waals surface area contributed by atoms with Crippen molar-refractivity contribution in [3.05, 3.63) is 29.3 Å². The molecule has 1 aromatic carbocycles. The Hall–Kier alpha value is -0.950. The number of hydrogen-bond donors (Lipinski definition) is 1. The molecule has 0 spiro atoms. The van der Waals surface area contributed by atoms with Crippen LogP contribution in [0.5, 0.6) is 0 Å². The van der Waals surface area contributed by atoms with Gasteiger partial charge in [-0.3, -0.25) is 0 Å². The molecule has 1 aromatic rings. The van der Waals surface area contributed by atoms with Crippen LogP contribution in [0.25, 0.3) is 0 Å². The van der Waals surface area contributed by atoms with Crippen LogP contribution >= 0.6 is 0 Å². The highest BCUT2D eigenvalue weighted by atomic mass is 32.2. The van der Waals surface area contributed by atoms with E-state index in [0.717, 1.165) is 12.0 Å². The maximum atomic E-state index is 12.7. The van der Waals surface area contributed by atoms with Crippen LogP contribution in [0.3, 0.4) is 0 Å². The first-order valence-corrected chi connectivity index (χ1v) is 8.24. The lowest BCUT2D eigenvalue weighted by atomic mass is 10.1. The molecule has 1 N–H and O–H groups in total. The van der Waals surface area contributed by atoms with Crippen molar-refractivity contribution < 1.29 is 18.3 Å². The summed E-state index contributed by atoms with van der Waals surface area (Å²) in [5.41, 5.74) is 1.54. The fourth-order valence-electron chi connectivity index (χ4n) is 2.39. The maximum absolute atomic E-state index is 12.7. The van der Waals surface area contributed by atoms with Gasteiger partial charge in [0, 0.05) is 12.6 Å². The van der Waals surface area contributed by atoms with Gasteiger partial charge in [-0.05, 0) is 36.6 Å². The largest absolute Gasteiger partial charge is 0.392 e. The standard InChI is InChI=1S/C14H21NO4S/c1-3-13-10-19-7-6-15(13)20(17,18)14-5-4-11(2)12(8-14)9-16/h4-5,8,13,16H,3,6-7,9-10H2,1-2H3. The Morgan fingerprint density at radius 1 is 1.45 bits per heavy atom. The van der Waals surface area contributed by atoms with Gasteiger partial charge in [-0.2, -0.15) is 4.31 Å². The van der Waals surface area contributed by atoms with Gasteiger partial charge in [0.15, 0.2) is 0 Å². The minimum atomic E-state index is -3.53. The zero-order chi connectivity index (χ0) is 14.8. The molecule has 0 aliphatic carbocycles. The summed E-state index contributed by atoms with van der Waals surface area (Å²) in [4.78, 5) is 0.243. The molecule has 0 bridgehead atoms. The Morgan fingerprint density at radius 2 is 2.20 bits per heavy atom. The summed E-state index contributed by atoms with van der Waals surface area (Å²) in [6.07, 6.45) is 0.720. The van der Waals surface area contributed by atoms with E-state index < -0.39 is 10.0 Å². The van der Waals surface area contributed by atoms with E-state index >= 15 is 0 Å². The first-order valence-electron chi connectivity index (χ1n) is 6.80.